The molecule has 0 N–H and O–H groups in total. The zero-order valence-electron chi connectivity index (χ0n) is 13.9. The average Bonchev–Trinajstić information content (AvgIpc) is 3.08. The van der Waals surface area contributed by atoms with Crippen LogP contribution in [-0.4, -0.2) is 26.8 Å². The Hall–Kier alpha value is -2.37. The van der Waals surface area contributed by atoms with Crippen LogP contribution in [0.25, 0.3) is 0 Å². The molecule has 2 aliphatic rings. The molecule has 4 rings (SSSR count). The van der Waals surface area contributed by atoms with Crippen molar-refractivity contribution in [1.29, 1.82) is 0 Å². The van der Waals surface area contributed by atoms with Gasteiger partial charge in [0.15, 0.2) is 0 Å². The van der Waals surface area contributed by atoms with Gasteiger partial charge in [-0.05, 0) is 37.8 Å². The van der Waals surface area contributed by atoms with Crippen molar-refractivity contribution in [2.45, 2.75) is 45.7 Å². The summed E-state index contributed by atoms with van der Waals surface area (Å²) in [5, 5.41) is 4.40. The van der Waals surface area contributed by atoms with Gasteiger partial charge >= 0.3 is 5.69 Å². The van der Waals surface area contributed by atoms with Crippen molar-refractivity contribution in [1.82, 2.24) is 14.3 Å². The second-order valence-electron chi connectivity index (χ2n) is 6.56. The Bertz CT molecular complexity index is 836. The van der Waals surface area contributed by atoms with E-state index in [9.17, 15) is 9.59 Å². The molecule has 2 aliphatic heterocycles. The Balaban J connectivity index is 1.53. The van der Waals surface area contributed by atoms with Gasteiger partial charge in [-0.3, -0.25) is 9.36 Å². The SMILES string of the molecule is CCn1nc2n(c1=O)CCC(C(=O)N1CCc3ccccc31)CC2. The van der Waals surface area contributed by atoms with Crippen molar-refractivity contribution in [3.05, 3.63) is 46.1 Å². The summed E-state index contributed by atoms with van der Waals surface area (Å²) in [7, 11) is 0. The fourth-order valence-corrected chi connectivity index (χ4v) is 3.87. The second kappa shape index (κ2) is 5.92. The lowest BCUT2D eigenvalue weighted by atomic mass is 9.98. The number of benzene rings is 1. The third-order valence-corrected chi connectivity index (χ3v) is 5.22. The normalized spacial score (nSPS) is 19.7. The predicted molar refractivity (Wildman–Crippen MR) is 91.1 cm³/mol. The summed E-state index contributed by atoms with van der Waals surface area (Å²) < 4.78 is 3.25. The van der Waals surface area contributed by atoms with Gasteiger partial charge in [0.05, 0.1) is 0 Å². The Morgan fingerprint density at radius 3 is 2.88 bits per heavy atom. The van der Waals surface area contributed by atoms with E-state index in [1.54, 1.807) is 4.57 Å². The van der Waals surface area contributed by atoms with Gasteiger partial charge in [0, 0.05) is 37.7 Å². The first-order valence-corrected chi connectivity index (χ1v) is 8.75. The minimum atomic E-state index is -0.0490. The highest BCUT2D eigenvalue weighted by Gasteiger charge is 2.32. The van der Waals surface area contributed by atoms with Crippen molar-refractivity contribution < 1.29 is 4.79 Å². The molecule has 6 nitrogen and oxygen atoms in total. The van der Waals surface area contributed by atoms with Crippen LogP contribution >= 0.6 is 0 Å². The molecule has 0 saturated heterocycles. The van der Waals surface area contributed by atoms with Gasteiger partial charge < -0.3 is 4.90 Å². The molecule has 1 atom stereocenters. The van der Waals surface area contributed by atoms with Crippen LogP contribution < -0.4 is 10.6 Å². The van der Waals surface area contributed by atoms with E-state index in [4.69, 9.17) is 0 Å². The van der Waals surface area contributed by atoms with Crippen molar-refractivity contribution in [3.8, 4) is 0 Å². The molecule has 126 valence electrons. The van der Waals surface area contributed by atoms with E-state index in [0.717, 1.165) is 30.9 Å². The van der Waals surface area contributed by atoms with Crippen molar-refractivity contribution >= 4 is 11.6 Å². The molecule has 0 spiro atoms. The van der Waals surface area contributed by atoms with E-state index in [0.29, 0.717) is 25.9 Å². The second-order valence-corrected chi connectivity index (χ2v) is 6.56. The standard InChI is InChI=1S/C18H22N4O2/c1-2-22-18(24)21-12-10-14(7-8-16(21)19-22)17(23)20-11-9-13-5-3-4-6-15(13)20/h3-6,14H,2,7-12H2,1H3. The van der Waals surface area contributed by atoms with Crippen molar-refractivity contribution in [3.63, 3.8) is 0 Å². The van der Waals surface area contributed by atoms with E-state index in [2.05, 4.69) is 11.2 Å². The lowest BCUT2D eigenvalue weighted by Crippen LogP contribution is -2.35. The zero-order chi connectivity index (χ0) is 16.7. The number of anilines is 1. The maximum atomic E-state index is 13.0. The maximum absolute atomic E-state index is 13.0. The van der Waals surface area contributed by atoms with Crippen molar-refractivity contribution in [2.24, 2.45) is 5.92 Å². The monoisotopic (exact) mass is 326 g/mol. The first-order valence-electron chi connectivity index (χ1n) is 8.75. The molecule has 6 heteroatoms. The van der Waals surface area contributed by atoms with Crippen LogP contribution in [0, 0.1) is 5.92 Å². The molecule has 1 aromatic heterocycles. The van der Waals surface area contributed by atoms with Crippen LogP contribution in [0.1, 0.15) is 31.2 Å². The van der Waals surface area contributed by atoms with Crippen LogP contribution in [-0.2, 0) is 30.7 Å². The van der Waals surface area contributed by atoms with E-state index in [1.165, 1.54) is 10.2 Å². The highest BCUT2D eigenvalue weighted by atomic mass is 16.2. The molecular formula is C18H22N4O2. The van der Waals surface area contributed by atoms with Gasteiger partial charge in [0.1, 0.15) is 5.82 Å². The molecule has 0 fully saturated rings. The average molecular weight is 326 g/mol. The summed E-state index contributed by atoms with van der Waals surface area (Å²) in [5.74, 6) is 0.979. The molecule has 1 unspecified atom stereocenters. The van der Waals surface area contributed by atoms with Crippen LogP contribution in [0.5, 0.6) is 0 Å². The Labute approximate surface area is 140 Å². The third-order valence-electron chi connectivity index (χ3n) is 5.22. The largest absolute Gasteiger partial charge is 0.345 e. The molecule has 2 aromatic rings. The quantitative estimate of drug-likeness (QED) is 0.842. The number of rotatable bonds is 2. The molecule has 1 amide bonds. The third kappa shape index (κ3) is 2.37. The summed E-state index contributed by atoms with van der Waals surface area (Å²) in [6, 6.07) is 8.14. The van der Waals surface area contributed by atoms with Gasteiger partial charge in [0.2, 0.25) is 5.91 Å². The van der Waals surface area contributed by atoms with Crippen LogP contribution in [0.15, 0.2) is 29.1 Å². The number of carbonyl (C=O) groups excluding carboxylic acids is 1. The van der Waals surface area contributed by atoms with Gasteiger partial charge in [0.25, 0.3) is 0 Å². The summed E-state index contributed by atoms with van der Waals surface area (Å²) in [4.78, 5) is 27.2. The molecule has 24 heavy (non-hydrogen) atoms. The van der Waals surface area contributed by atoms with Crippen LogP contribution in [0.3, 0.4) is 0 Å². The number of nitrogens with zero attached hydrogens (tertiary/aromatic N) is 4. The molecule has 0 aliphatic carbocycles. The number of fused-ring (bicyclic) bond motifs is 2. The lowest BCUT2D eigenvalue weighted by Gasteiger charge is -2.23. The van der Waals surface area contributed by atoms with Gasteiger partial charge in [-0.25, -0.2) is 9.48 Å². The highest BCUT2D eigenvalue weighted by Crippen LogP contribution is 2.31. The number of para-hydroxylation sites is 1. The van der Waals surface area contributed by atoms with E-state index >= 15 is 0 Å². The smallest absolute Gasteiger partial charge is 0.312 e. The Morgan fingerprint density at radius 2 is 2.04 bits per heavy atom. The number of aryl methyl sites for hydroxylation is 2. The number of aromatic nitrogens is 3. The summed E-state index contributed by atoms with van der Waals surface area (Å²) in [6.45, 7) is 3.86. The predicted octanol–water partition coefficient (Wildman–Crippen LogP) is 1.61. The Kier molecular flexibility index (Phi) is 3.75. The molecule has 0 radical (unpaired) electrons. The number of hydrogen-bond acceptors (Lipinski definition) is 3. The van der Waals surface area contributed by atoms with E-state index < -0.39 is 0 Å². The maximum Gasteiger partial charge on any atom is 0.345 e. The van der Waals surface area contributed by atoms with Gasteiger partial charge in [-0.2, -0.15) is 5.10 Å². The topological polar surface area (TPSA) is 60.1 Å². The summed E-state index contributed by atoms with van der Waals surface area (Å²) in [5.41, 5.74) is 2.25. The summed E-state index contributed by atoms with van der Waals surface area (Å²) in [6.07, 6.45) is 3.09. The minimum Gasteiger partial charge on any atom is -0.312 e. The number of carbonyl (C=O) groups is 1. The molecule has 0 bridgehead atoms. The van der Waals surface area contributed by atoms with Crippen LogP contribution in [0.2, 0.25) is 0 Å². The lowest BCUT2D eigenvalue weighted by molar-refractivity contribution is -0.122. The van der Waals surface area contributed by atoms with Crippen LogP contribution in [0.4, 0.5) is 5.69 Å². The molecule has 1 aromatic carbocycles. The molecular weight excluding hydrogens is 304 g/mol. The fraction of sp³-hybridized carbons (Fsp3) is 0.500. The van der Waals surface area contributed by atoms with E-state index in [-0.39, 0.29) is 17.5 Å². The van der Waals surface area contributed by atoms with Gasteiger partial charge in [-0.15, -0.1) is 0 Å². The molecule has 3 heterocycles. The number of hydrogen-bond donors (Lipinski definition) is 0. The van der Waals surface area contributed by atoms with Crippen molar-refractivity contribution in [2.75, 3.05) is 11.4 Å². The first-order chi connectivity index (χ1) is 11.7. The first kappa shape index (κ1) is 15.2. The van der Waals surface area contributed by atoms with Gasteiger partial charge in [-0.1, -0.05) is 18.2 Å². The Morgan fingerprint density at radius 1 is 1.21 bits per heavy atom. The number of amides is 1. The highest BCUT2D eigenvalue weighted by molar-refractivity contribution is 5.97. The minimum absolute atomic E-state index is 0.0349. The fourth-order valence-electron chi connectivity index (χ4n) is 3.87. The summed E-state index contributed by atoms with van der Waals surface area (Å²) >= 11 is 0. The zero-order valence-corrected chi connectivity index (χ0v) is 13.9. The molecule has 0 saturated carbocycles. The van der Waals surface area contributed by atoms with E-state index in [1.807, 2.05) is 30.0 Å².